The molecule has 1 heterocycles. The standard InChI is InChI=1S/C9H6BrS/c1-6-5-11-9-7(6)3-2-4-8(9)10/h2-4H,1H3. The zero-order valence-electron chi connectivity index (χ0n) is 6.02. The number of thiophene rings is 1. The molecule has 0 N–H and O–H groups in total. The van der Waals surface area contributed by atoms with Gasteiger partial charge in [-0.1, -0.05) is 12.1 Å². The third-order valence-corrected chi connectivity index (χ3v) is 3.65. The molecule has 2 heteroatoms. The first-order valence-electron chi connectivity index (χ1n) is 3.34. The maximum atomic E-state index is 3.50. The molecule has 0 aliphatic heterocycles. The maximum absolute atomic E-state index is 3.50. The molecule has 0 atom stereocenters. The van der Waals surface area contributed by atoms with Gasteiger partial charge in [0.25, 0.3) is 0 Å². The second-order valence-corrected chi connectivity index (χ2v) is 4.12. The van der Waals surface area contributed by atoms with E-state index in [1.165, 1.54) is 20.1 Å². The summed E-state index contributed by atoms with van der Waals surface area (Å²) in [6, 6.07) is 6.24. The molecule has 1 aromatic heterocycles. The van der Waals surface area contributed by atoms with Crippen molar-refractivity contribution in [3.05, 3.63) is 33.6 Å². The van der Waals surface area contributed by atoms with Crippen LogP contribution in [0.25, 0.3) is 10.1 Å². The van der Waals surface area contributed by atoms with Gasteiger partial charge in [-0.2, -0.15) is 0 Å². The number of aryl methyl sites for hydroxylation is 1. The molecular weight excluding hydrogens is 220 g/mol. The number of rotatable bonds is 0. The molecule has 0 aliphatic rings. The maximum Gasteiger partial charge on any atom is 0.0494 e. The van der Waals surface area contributed by atoms with Crippen LogP contribution >= 0.6 is 27.3 Å². The van der Waals surface area contributed by atoms with Crippen LogP contribution in [0.5, 0.6) is 0 Å². The van der Waals surface area contributed by atoms with Gasteiger partial charge in [0.15, 0.2) is 0 Å². The monoisotopic (exact) mass is 225 g/mol. The van der Waals surface area contributed by atoms with E-state index >= 15 is 0 Å². The molecule has 0 fully saturated rings. The Kier molecular flexibility index (Phi) is 1.74. The van der Waals surface area contributed by atoms with Crippen LogP contribution in [0.4, 0.5) is 0 Å². The van der Waals surface area contributed by atoms with Crippen LogP contribution < -0.4 is 0 Å². The highest BCUT2D eigenvalue weighted by molar-refractivity contribution is 9.10. The Morgan fingerprint density at radius 2 is 2.27 bits per heavy atom. The number of halogens is 1. The summed E-state index contributed by atoms with van der Waals surface area (Å²) >= 11 is 5.17. The summed E-state index contributed by atoms with van der Waals surface area (Å²) in [7, 11) is 0. The van der Waals surface area contributed by atoms with Gasteiger partial charge in [-0.3, -0.25) is 0 Å². The van der Waals surface area contributed by atoms with E-state index in [9.17, 15) is 0 Å². The SMILES string of the molecule is Cc1[c]sc2c(Br)cccc12. The second-order valence-electron chi connectivity index (χ2n) is 2.45. The molecule has 55 valence electrons. The number of hydrogen-bond acceptors (Lipinski definition) is 1. The molecule has 0 bridgehead atoms. The van der Waals surface area contributed by atoms with Crippen LogP contribution in [-0.2, 0) is 0 Å². The van der Waals surface area contributed by atoms with Gasteiger partial charge in [0.1, 0.15) is 0 Å². The summed E-state index contributed by atoms with van der Waals surface area (Å²) < 4.78 is 2.47. The van der Waals surface area contributed by atoms with Crippen LogP contribution in [0.15, 0.2) is 22.7 Å². The first kappa shape index (κ1) is 7.32. The van der Waals surface area contributed by atoms with Crippen molar-refractivity contribution in [1.29, 1.82) is 0 Å². The van der Waals surface area contributed by atoms with Gasteiger partial charge < -0.3 is 0 Å². The minimum absolute atomic E-state index is 1.17. The van der Waals surface area contributed by atoms with Gasteiger partial charge in [0.05, 0.1) is 0 Å². The average Bonchev–Trinajstić information content (AvgIpc) is 2.35. The molecule has 1 radical (unpaired) electrons. The van der Waals surface area contributed by atoms with Gasteiger partial charge in [-0.05, 0) is 39.9 Å². The summed E-state index contributed by atoms with van der Waals surface area (Å²) in [4.78, 5) is 0. The first-order chi connectivity index (χ1) is 5.29. The average molecular weight is 226 g/mol. The lowest BCUT2D eigenvalue weighted by Crippen LogP contribution is -1.67. The van der Waals surface area contributed by atoms with Crippen molar-refractivity contribution in [2.24, 2.45) is 0 Å². The summed E-state index contributed by atoms with van der Waals surface area (Å²) in [5.41, 5.74) is 1.24. The number of benzene rings is 1. The van der Waals surface area contributed by atoms with Crippen LogP contribution in [0, 0.1) is 12.3 Å². The van der Waals surface area contributed by atoms with E-state index in [4.69, 9.17) is 0 Å². The van der Waals surface area contributed by atoms with Gasteiger partial charge in [0.2, 0.25) is 0 Å². The molecule has 11 heavy (non-hydrogen) atoms. The lowest BCUT2D eigenvalue weighted by atomic mass is 10.2. The quantitative estimate of drug-likeness (QED) is 0.641. The van der Waals surface area contributed by atoms with Gasteiger partial charge >= 0.3 is 0 Å². The molecule has 2 rings (SSSR count). The van der Waals surface area contributed by atoms with E-state index in [2.05, 4.69) is 46.4 Å². The lowest BCUT2D eigenvalue weighted by Gasteiger charge is -1.92. The second kappa shape index (κ2) is 2.61. The van der Waals surface area contributed by atoms with Crippen molar-refractivity contribution in [1.82, 2.24) is 0 Å². The van der Waals surface area contributed by atoms with Crippen LogP contribution in [0.2, 0.25) is 0 Å². The molecule has 0 saturated heterocycles. The molecule has 0 spiro atoms. The highest BCUT2D eigenvalue weighted by atomic mass is 79.9. The summed E-state index contributed by atoms with van der Waals surface area (Å²) in [5.74, 6) is 0. The van der Waals surface area contributed by atoms with Crippen LogP contribution in [0.3, 0.4) is 0 Å². The van der Waals surface area contributed by atoms with E-state index in [1.54, 1.807) is 11.3 Å². The van der Waals surface area contributed by atoms with E-state index in [-0.39, 0.29) is 0 Å². The summed E-state index contributed by atoms with van der Waals surface area (Å²) in [6.45, 7) is 2.09. The normalized spacial score (nSPS) is 10.7. The number of fused-ring (bicyclic) bond motifs is 1. The fourth-order valence-corrected chi connectivity index (χ4v) is 2.56. The lowest BCUT2D eigenvalue weighted by molar-refractivity contribution is 1.59. The van der Waals surface area contributed by atoms with E-state index in [0.717, 1.165) is 0 Å². The predicted octanol–water partition coefficient (Wildman–Crippen LogP) is 3.77. The largest absolute Gasteiger partial charge is 0.133 e. The Bertz CT molecular complexity index is 389. The zero-order chi connectivity index (χ0) is 7.84. The predicted molar refractivity (Wildman–Crippen MR) is 53.1 cm³/mol. The Labute approximate surface area is 78.0 Å². The van der Waals surface area contributed by atoms with Crippen LogP contribution in [0.1, 0.15) is 5.56 Å². The number of hydrogen-bond donors (Lipinski definition) is 0. The molecule has 1 aromatic carbocycles. The van der Waals surface area contributed by atoms with Crippen molar-refractivity contribution >= 4 is 37.4 Å². The van der Waals surface area contributed by atoms with Crippen molar-refractivity contribution in [2.45, 2.75) is 6.92 Å². The third kappa shape index (κ3) is 1.10. The fraction of sp³-hybridized carbons (Fsp3) is 0.111. The molecular formula is C9H6BrS. The Morgan fingerprint density at radius 1 is 1.45 bits per heavy atom. The van der Waals surface area contributed by atoms with Gasteiger partial charge in [-0.15, -0.1) is 11.3 Å². The molecule has 0 unspecified atom stereocenters. The Hall–Kier alpha value is -0.340. The fourth-order valence-electron chi connectivity index (χ4n) is 1.09. The van der Waals surface area contributed by atoms with E-state index < -0.39 is 0 Å². The molecule has 0 nitrogen and oxygen atoms in total. The van der Waals surface area contributed by atoms with Crippen molar-refractivity contribution in [3.63, 3.8) is 0 Å². The van der Waals surface area contributed by atoms with Crippen LogP contribution in [-0.4, -0.2) is 0 Å². The minimum atomic E-state index is 1.17. The van der Waals surface area contributed by atoms with E-state index in [1.807, 2.05) is 0 Å². The summed E-state index contributed by atoms with van der Waals surface area (Å²) in [5, 5.41) is 4.54. The first-order valence-corrected chi connectivity index (χ1v) is 4.95. The highest BCUT2D eigenvalue weighted by Gasteiger charge is 2.01. The van der Waals surface area contributed by atoms with Gasteiger partial charge in [-0.25, -0.2) is 0 Å². The van der Waals surface area contributed by atoms with Gasteiger partial charge in [0, 0.05) is 14.6 Å². The molecule has 0 amide bonds. The summed E-state index contributed by atoms with van der Waals surface area (Å²) in [6.07, 6.45) is 0. The zero-order valence-corrected chi connectivity index (χ0v) is 8.42. The topological polar surface area (TPSA) is 0 Å². The van der Waals surface area contributed by atoms with Crippen molar-refractivity contribution in [3.8, 4) is 0 Å². The Morgan fingerprint density at radius 3 is 3.00 bits per heavy atom. The molecule has 0 saturated carbocycles. The molecule has 0 aliphatic carbocycles. The smallest absolute Gasteiger partial charge is 0.0494 e. The van der Waals surface area contributed by atoms with E-state index in [0.29, 0.717) is 0 Å². The minimum Gasteiger partial charge on any atom is -0.133 e. The third-order valence-electron chi connectivity index (χ3n) is 1.68. The molecule has 2 aromatic rings. The highest BCUT2D eigenvalue weighted by Crippen LogP contribution is 2.30. The van der Waals surface area contributed by atoms with Crippen molar-refractivity contribution < 1.29 is 0 Å². The Balaban J connectivity index is 2.94. The van der Waals surface area contributed by atoms with Crippen molar-refractivity contribution in [2.75, 3.05) is 0 Å².